The first-order valence-electron chi connectivity index (χ1n) is 9.71. The zero-order valence-electron chi connectivity index (χ0n) is 16.2. The first-order valence-corrected chi connectivity index (χ1v) is 9.71. The molecule has 27 heavy (non-hydrogen) atoms. The molecule has 2 N–H and O–H groups in total. The molecule has 1 aromatic heterocycles. The van der Waals surface area contributed by atoms with E-state index in [4.69, 9.17) is 9.97 Å². The molecule has 2 aliphatic carbocycles. The van der Waals surface area contributed by atoms with E-state index < -0.39 is 0 Å². The molecule has 2 heterocycles. The third-order valence-corrected chi connectivity index (χ3v) is 5.94. The van der Waals surface area contributed by atoms with Crippen molar-refractivity contribution in [2.24, 2.45) is 11.8 Å². The predicted molar refractivity (Wildman–Crippen MR) is 112 cm³/mol. The van der Waals surface area contributed by atoms with Gasteiger partial charge in [-0.25, -0.2) is 9.97 Å². The molecule has 1 saturated carbocycles. The Labute approximate surface area is 174 Å². The number of aryl methyl sites for hydroxylation is 2. The normalized spacial score (nSPS) is 23.9. The van der Waals surface area contributed by atoms with Gasteiger partial charge in [-0.2, -0.15) is 0 Å². The fraction of sp³-hybridized carbons (Fsp3) is 0.737. The standard InChI is InChI=1S/C19H29N5O.2ClH/c1-12-14-5-3-4-6-16(14)23-19(21-12)24-10-15(13-7-8-13)17(11-24)22-18(25)9-20-2;;/h13,15,17,20H,3-11H2,1-2H3,(H,22,25);2*1H/t15-,17+;;/m1../s1. The van der Waals surface area contributed by atoms with Crippen molar-refractivity contribution in [3.8, 4) is 0 Å². The molecule has 0 spiro atoms. The van der Waals surface area contributed by atoms with Gasteiger partial charge in [0.1, 0.15) is 0 Å². The maximum Gasteiger partial charge on any atom is 0.234 e. The molecule has 8 heteroatoms. The number of hydrogen-bond donors (Lipinski definition) is 2. The van der Waals surface area contributed by atoms with E-state index in [0.29, 0.717) is 12.5 Å². The van der Waals surface area contributed by atoms with Crippen LogP contribution in [0.5, 0.6) is 0 Å². The van der Waals surface area contributed by atoms with Gasteiger partial charge in [-0.1, -0.05) is 0 Å². The van der Waals surface area contributed by atoms with Gasteiger partial charge in [-0.05, 0) is 64.0 Å². The molecule has 6 nitrogen and oxygen atoms in total. The number of amides is 1. The summed E-state index contributed by atoms with van der Waals surface area (Å²) in [4.78, 5) is 24.1. The summed E-state index contributed by atoms with van der Waals surface area (Å²) in [5.41, 5.74) is 3.76. The summed E-state index contributed by atoms with van der Waals surface area (Å²) >= 11 is 0. The second-order valence-electron chi connectivity index (χ2n) is 7.85. The van der Waals surface area contributed by atoms with Crippen LogP contribution in [0.3, 0.4) is 0 Å². The van der Waals surface area contributed by atoms with Crippen LogP contribution in [0.25, 0.3) is 0 Å². The fourth-order valence-corrected chi connectivity index (χ4v) is 4.47. The first kappa shape index (κ1) is 22.2. The number of likely N-dealkylation sites (N-methyl/N-ethyl adjacent to an activating group) is 1. The number of anilines is 1. The van der Waals surface area contributed by atoms with E-state index in [9.17, 15) is 4.79 Å². The third kappa shape index (κ3) is 4.84. The van der Waals surface area contributed by atoms with E-state index in [1.807, 2.05) is 7.05 Å². The molecule has 4 rings (SSSR count). The zero-order valence-corrected chi connectivity index (χ0v) is 17.8. The second kappa shape index (κ2) is 9.39. The summed E-state index contributed by atoms with van der Waals surface area (Å²) in [6, 6.07) is 0.216. The van der Waals surface area contributed by atoms with Crippen molar-refractivity contribution in [1.29, 1.82) is 0 Å². The Morgan fingerprint density at radius 2 is 1.89 bits per heavy atom. The van der Waals surface area contributed by atoms with Gasteiger partial charge < -0.3 is 15.5 Å². The summed E-state index contributed by atoms with van der Waals surface area (Å²) in [6.45, 7) is 4.29. The van der Waals surface area contributed by atoms with Crippen molar-refractivity contribution in [2.45, 2.75) is 51.5 Å². The van der Waals surface area contributed by atoms with Crippen molar-refractivity contribution in [3.63, 3.8) is 0 Å². The maximum atomic E-state index is 12.1. The van der Waals surface area contributed by atoms with Crippen LogP contribution in [0.15, 0.2) is 0 Å². The molecule has 2 atom stereocenters. The quantitative estimate of drug-likeness (QED) is 0.769. The average molecular weight is 416 g/mol. The van der Waals surface area contributed by atoms with E-state index in [0.717, 1.165) is 43.5 Å². The van der Waals surface area contributed by atoms with Crippen LogP contribution in [0.4, 0.5) is 5.95 Å². The number of hydrogen-bond acceptors (Lipinski definition) is 5. The molecular formula is C19H31Cl2N5O. The number of aromatic nitrogens is 2. The van der Waals surface area contributed by atoms with Crippen LogP contribution in [0.2, 0.25) is 0 Å². The molecular weight excluding hydrogens is 385 g/mol. The Morgan fingerprint density at radius 3 is 2.59 bits per heavy atom. The van der Waals surface area contributed by atoms with Crippen molar-refractivity contribution >= 4 is 36.7 Å². The summed E-state index contributed by atoms with van der Waals surface area (Å²) in [5.74, 6) is 2.24. The highest BCUT2D eigenvalue weighted by atomic mass is 35.5. The van der Waals surface area contributed by atoms with Gasteiger partial charge in [0.2, 0.25) is 11.9 Å². The first-order chi connectivity index (χ1) is 12.2. The number of rotatable bonds is 5. The number of nitrogens with zero attached hydrogens (tertiary/aromatic N) is 3. The van der Waals surface area contributed by atoms with E-state index in [-0.39, 0.29) is 36.8 Å². The van der Waals surface area contributed by atoms with Crippen molar-refractivity contribution in [1.82, 2.24) is 20.6 Å². The highest BCUT2D eigenvalue weighted by Crippen LogP contribution is 2.42. The van der Waals surface area contributed by atoms with Crippen LogP contribution >= 0.6 is 24.8 Å². The van der Waals surface area contributed by atoms with E-state index >= 15 is 0 Å². The minimum absolute atomic E-state index is 0. The summed E-state index contributed by atoms with van der Waals surface area (Å²) in [6.07, 6.45) is 7.27. The van der Waals surface area contributed by atoms with Gasteiger partial charge in [-0.3, -0.25) is 4.79 Å². The number of carbonyl (C=O) groups is 1. The lowest BCUT2D eigenvalue weighted by atomic mass is 9.95. The molecule has 0 aromatic carbocycles. The molecule has 1 amide bonds. The molecule has 1 aliphatic heterocycles. The number of carbonyl (C=O) groups excluding carboxylic acids is 1. The highest BCUT2D eigenvalue weighted by Gasteiger charge is 2.43. The molecule has 0 bridgehead atoms. The van der Waals surface area contributed by atoms with Crippen LogP contribution < -0.4 is 15.5 Å². The summed E-state index contributed by atoms with van der Waals surface area (Å²) < 4.78 is 0. The Bertz CT molecular complexity index is 668. The lowest BCUT2D eigenvalue weighted by molar-refractivity contribution is -0.121. The summed E-state index contributed by atoms with van der Waals surface area (Å²) in [7, 11) is 1.81. The molecule has 0 radical (unpaired) electrons. The van der Waals surface area contributed by atoms with Gasteiger partial charge in [0.15, 0.2) is 0 Å². The predicted octanol–water partition coefficient (Wildman–Crippen LogP) is 2.06. The number of nitrogens with one attached hydrogen (secondary N) is 2. The van der Waals surface area contributed by atoms with Gasteiger partial charge in [0.05, 0.1) is 12.6 Å². The maximum absolute atomic E-state index is 12.1. The van der Waals surface area contributed by atoms with Gasteiger partial charge >= 0.3 is 0 Å². The van der Waals surface area contributed by atoms with Crippen LogP contribution in [-0.4, -0.2) is 48.6 Å². The SMILES string of the molecule is CNCC(=O)N[C@H]1CN(c2nc(C)c3c(n2)CCCC3)C[C@@H]1C1CC1.Cl.Cl. The third-order valence-electron chi connectivity index (χ3n) is 5.94. The minimum Gasteiger partial charge on any atom is -0.350 e. The van der Waals surface area contributed by atoms with Crippen molar-refractivity contribution in [3.05, 3.63) is 17.0 Å². The van der Waals surface area contributed by atoms with Crippen LogP contribution in [-0.2, 0) is 17.6 Å². The fourth-order valence-electron chi connectivity index (χ4n) is 4.47. The van der Waals surface area contributed by atoms with Gasteiger partial charge in [-0.15, -0.1) is 24.8 Å². The zero-order chi connectivity index (χ0) is 17.4. The Morgan fingerprint density at radius 1 is 1.15 bits per heavy atom. The second-order valence-corrected chi connectivity index (χ2v) is 7.85. The Hall–Kier alpha value is -1.11. The van der Waals surface area contributed by atoms with Crippen molar-refractivity contribution in [2.75, 3.05) is 31.6 Å². The number of halogens is 2. The van der Waals surface area contributed by atoms with Crippen LogP contribution in [0, 0.1) is 18.8 Å². The minimum atomic E-state index is 0. The lowest BCUT2D eigenvalue weighted by Gasteiger charge is -2.22. The smallest absolute Gasteiger partial charge is 0.234 e. The average Bonchev–Trinajstić information content (AvgIpc) is 3.36. The van der Waals surface area contributed by atoms with Gasteiger partial charge in [0.25, 0.3) is 0 Å². The molecule has 0 unspecified atom stereocenters. The molecule has 1 aromatic rings. The largest absolute Gasteiger partial charge is 0.350 e. The topological polar surface area (TPSA) is 70.2 Å². The summed E-state index contributed by atoms with van der Waals surface area (Å²) in [5, 5.41) is 6.16. The number of fused-ring (bicyclic) bond motifs is 1. The van der Waals surface area contributed by atoms with E-state index in [2.05, 4.69) is 22.5 Å². The molecule has 1 saturated heterocycles. The molecule has 3 aliphatic rings. The van der Waals surface area contributed by atoms with Gasteiger partial charge in [0, 0.05) is 30.4 Å². The Kier molecular flexibility index (Phi) is 7.72. The van der Waals surface area contributed by atoms with E-state index in [1.165, 1.54) is 36.9 Å². The molecule has 152 valence electrons. The lowest BCUT2D eigenvalue weighted by Crippen LogP contribution is -2.44. The molecule has 2 fully saturated rings. The van der Waals surface area contributed by atoms with Crippen LogP contribution in [0.1, 0.15) is 42.6 Å². The monoisotopic (exact) mass is 415 g/mol. The highest BCUT2D eigenvalue weighted by molar-refractivity contribution is 5.85. The van der Waals surface area contributed by atoms with Crippen molar-refractivity contribution < 1.29 is 4.79 Å². The Balaban J connectivity index is 0.00000131. The van der Waals surface area contributed by atoms with E-state index in [1.54, 1.807) is 0 Å².